The highest BCUT2D eigenvalue weighted by molar-refractivity contribution is 5.85. The number of ketones is 1. The Morgan fingerprint density at radius 3 is 2.12 bits per heavy atom. The van der Waals surface area contributed by atoms with E-state index < -0.39 is 5.67 Å². The van der Waals surface area contributed by atoms with Crippen molar-refractivity contribution >= 4 is 17.9 Å². The van der Waals surface area contributed by atoms with Gasteiger partial charge in [-0.05, 0) is 42.9 Å². The number of rotatable bonds is 6. The zero-order chi connectivity index (χ0) is 17.9. The number of alkyl halides is 1. The first-order chi connectivity index (χ1) is 12.0. The average molecular weight is 334 g/mol. The van der Waals surface area contributed by atoms with Crippen molar-refractivity contribution in [2.24, 2.45) is 5.92 Å². The van der Waals surface area contributed by atoms with E-state index in [2.05, 4.69) is 18.2 Å². The molecule has 0 aromatic heterocycles. The van der Waals surface area contributed by atoms with Crippen LogP contribution in [0.1, 0.15) is 42.9 Å². The van der Waals surface area contributed by atoms with Gasteiger partial charge in [0, 0.05) is 5.92 Å². The zero-order valence-corrected chi connectivity index (χ0v) is 14.7. The van der Waals surface area contributed by atoms with E-state index in [4.69, 9.17) is 0 Å². The predicted octanol–water partition coefficient (Wildman–Crippen LogP) is 5.83. The normalized spacial score (nSPS) is 22.2. The van der Waals surface area contributed by atoms with Crippen LogP contribution in [0.4, 0.5) is 4.39 Å². The van der Waals surface area contributed by atoms with Crippen LogP contribution in [0.3, 0.4) is 0 Å². The predicted molar refractivity (Wildman–Crippen MR) is 102 cm³/mol. The first-order valence-corrected chi connectivity index (χ1v) is 8.68. The highest BCUT2D eigenvalue weighted by Gasteiger charge is 2.53. The summed E-state index contributed by atoms with van der Waals surface area (Å²) < 4.78 is 14.4. The van der Waals surface area contributed by atoms with Crippen molar-refractivity contribution in [3.63, 3.8) is 0 Å². The third-order valence-corrected chi connectivity index (χ3v) is 5.03. The number of carbonyl (C=O) groups is 1. The Morgan fingerprint density at radius 2 is 1.56 bits per heavy atom. The molecule has 1 nitrogen and oxygen atoms in total. The second kappa shape index (κ2) is 7.18. The van der Waals surface area contributed by atoms with Crippen LogP contribution in [0.25, 0.3) is 12.2 Å². The number of benzene rings is 2. The van der Waals surface area contributed by atoms with Gasteiger partial charge in [0.1, 0.15) is 0 Å². The Labute approximate surface area is 148 Å². The summed E-state index contributed by atoms with van der Waals surface area (Å²) in [6.45, 7) is 2.75. The van der Waals surface area contributed by atoms with Crippen LogP contribution in [-0.2, 0) is 4.79 Å². The van der Waals surface area contributed by atoms with Crippen molar-refractivity contribution in [2.75, 3.05) is 0 Å². The van der Waals surface area contributed by atoms with Gasteiger partial charge in [-0.25, -0.2) is 4.39 Å². The summed E-state index contributed by atoms with van der Waals surface area (Å²) in [6, 6.07) is 18.3. The molecule has 1 fully saturated rings. The van der Waals surface area contributed by atoms with Gasteiger partial charge in [0.05, 0.1) is 0 Å². The minimum atomic E-state index is -1.70. The first kappa shape index (κ1) is 17.3. The second-order valence-corrected chi connectivity index (χ2v) is 6.88. The smallest absolute Gasteiger partial charge is 0.169 e. The summed E-state index contributed by atoms with van der Waals surface area (Å²) in [5.74, 6) is -0.389. The molecule has 3 atom stereocenters. The molecule has 0 N–H and O–H groups in total. The minimum Gasteiger partial charge on any atom is -0.296 e. The Hall–Kier alpha value is -2.48. The summed E-state index contributed by atoms with van der Waals surface area (Å²) in [5.41, 5.74) is 1.69. The number of hydrogen-bond acceptors (Lipinski definition) is 1. The molecule has 1 aliphatic carbocycles. The molecule has 2 heteroatoms. The minimum absolute atomic E-state index is 0.162. The fourth-order valence-corrected chi connectivity index (χ4v) is 3.18. The summed E-state index contributed by atoms with van der Waals surface area (Å²) in [5, 5.41) is 0. The van der Waals surface area contributed by atoms with Crippen molar-refractivity contribution < 1.29 is 9.18 Å². The van der Waals surface area contributed by atoms with Gasteiger partial charge >= 0.3 is 0 Å². The SMILES string of the molecule is CC(=O)C(C)(F)C1CC1c1ccc(/C=C/C=C/c2ccccc2)cc1. The van der Waals surface area contributed by atoms with Gasteiger partial charge < -0.3 is 0 Å². The van der Waals surface area contributed by atoms with Gasteiger partial charge in [-0.15, -0.1) is 0 Å². The van der Waals surface area contributed by atoms with Gasteiger partial charge in [0.15, 0.2) is 11.5 Å². The molecule has 0 bridgehead atoms. The van der Waals surface area contributed by atoms with Gasteiger partial charge in [-0.2, -0.15) is 0 Å². The van der Waals surface area contributed by atoms with Crippen molar-refractivity contribution in [1.82, 2.24) is 0 Å². The van der Waals surface area contributed by atoms with Gasteiger partial charge in [-0.3, -0.25) is 4.79 Å². The van der Waals surface area contributed by atoms with Crippen molar-refractivity contribution in [3.05, 3.63) is 83.4 Å². The van der Waals surface area contributed by atoms with Crippen LogP contribution >= 0.6 is 0 Å². The molecule has 0 saturated heterocycles. The van der Waals surface area contributed by atoms with E-state index in [0.717, 1.165) is 17.5 Å². The number of carbonyl (C=O) groups excluding carboxylic acids is 1. The maximum Gasteiger partial charge on any atom is 0.169 e. The lowest BCUT2D eigenvalue weighted by atomic mass is 9.94. The lowest BCUT2D eigenvalue weighted by Crippen LogP contribution is -2.30. The summed E-state index contributed by atoms with van der Waals surface area (Å²) in [6.07, 6.45) is 8.88. The van der Waals surface area contributed by atoms with Gasteiger partial charge in [0.25, 0.3) is 0 Å². The van der Waals surface area contributed by atoms with E-state index in [1.54, 1.807) is 0 Å². The largest absolute Gasteiger partial charge is 0.296 e. The van der Waals surface area contributed by atoms with Crippen molar-refractivity contribution in [2.45, 2.75) is 31.9 Å². The lowest BCUT2D eigenvalue weighted by Gasteiger charge is -2.16. The molecule has 1 saturated carbocycles. The van der Waals surface area contributed by atoms with Crippen LogP contribution < -0.4 is 0 Å². The van der Waals surface area contributed by atoms with Crippen LogP contribution in [0.5, 0.6) is 0 Å². The molecule has 128 valence electrons. The zero-order valence-electron chi connectivity index (χ0n) is 14.7. The molecule has 3 rings (SSSR count). The molecule has 0 amide bonds. The fourth-order valence-electron chi connectivity index (χ4n) is 3.18. The number of allylic oxidation sites excluding steroid dienone is 2. The Morgan fingerprint density at radius 1 is 1.00 bits per heavy atom. The quantitative estimate of drug-likeness (QED) is 0.607. The summed E-state index contributed by atoms with van der Waals surface area (Å²) in [4.78, 5) is 11.4. The van der Waals surface area contributed by atoms with E-state index in [1.165, 1.54) is 19.4 Å². The summed E-state index contributed by atoms with van der Waals surface area (Å²) in [7, 11) is 0. The molecule has 0 radical (unpaired) electrons. The fraction of sp³-hybridized carbons (Fsp3) is 0.261. The second-order valence-electron chi connectivity index (χ2n) is 6.88. The maximum absolute atomic E-state index is 14.4. The van der Waals surface area contributed by atoms with Gasteiger partial charge in [0.2, 0.25) is 0 Å². The Kier molecular flexibility index (Phi) is 4.98. The molecule has 2 aromatic carbocycles. The lowest BCUT2D eigenvalue weighted by molar-refractivity contribution is -0.128. The number of hydrogen-bond donors (Lipinski definition) is 0. The molecule has 0 heterocycles. The van der Waals surface area contributed by atoms with E-state index in [-0.39, 0.29) is 17.6 Å². The topological polar surface area (TPSA) is 17.1 Å². The van der Waals surface area contributed by atoms with E-state index in [0.29, 0.717) is 0 Å². The molecule has 25 heavy (non-hydrogen) atoms. The summed E-state index contributed by atoms with van der Waals surface area (Å²) >= 11 is 0. The highest BCUT2D eigenvalue weighted by Crippen LogP contribution is 2.55. The molecule has 0 aliphatic heterocycles. The van der Waals surface area contributed by atoms with E-state index in [1.807, 2.05) is 60.7 Å². The van der Waals surface area contributed by atoms with Gasteiger partial charge in [-0.1, -0.05) is 78.9 Å². The third-order valence-electron chi connectivity index (χ3n) is 5.03. The molecule has 0 spiro atoms. The maximum atomic E-state index is 14.4. The van der Waals surface area contributed by atoms with Crippen LogP contribution in [0.2, 0.25) is 0 Å². The van der Waals surface area contributed by atoms with Crippen LogP contribution in [0, 0.1) is 5.92 Å². The molecular weight excluding hydrogens is 311 g/mol. The Bertz CT molecular complexity index is 785. The van der Waals surface area contributed by atoms with E-state index in [9.17, 15) is 9.18 Å². The number of halogens is 1. The van der Waals surface area contributed by atoms with Crippen LogP contribution in [-0.4, -0.2) is 11.5 Å². The van der Waals surface area contributed by atoms with Crippen molar-refractivity contribution in [3.8, 4) is 0 Å². The third kappa shape index (κ3) is 4.14. The monoisotopic (exact) mass is 334 g/mol. The van der Waals surface area contributed by atoms with Crippen molar-refractivity contribution in [1.29, 1.82) is 0 Å². The molecule has 3 unspecified atom stereocenters. The molecule has 2 aromatic rings. The number of Topliss-reactive ketones (excluding diaryl/α,β-unsaturated/α-hetero) is 1. The standard InChI is InChI=1S/C23H23FO/c1-17(25)23(2,24)22-16-21(22)20-14-12-19(13-15-20)11-7-6-10-18-8-4-3-5-9-18/h3-15,21-22H,16H2,1-2H3/b10-6+,11-7+. The van der Waals surface area contributed by atoms with Crippen LogP contribution in [0.15, 0.2) is 66.7 Å². The molecule has 1 aliphatic rings. The Balaban J connectivity index is 1.59. The van der Waals surface area contributed by atoms with E-state index >= 15 is 0 Å². The highest BCUT2D eigenvalue weighted by atomic mass is 19.1. The average Bonchev–Trinajstić information content (AvgIpc) is 3.41. The molecular formula is C23H23FO. The first-order valence-electron chi connectivity index (χ1n) is 8.68.